The summed E-state index contributed by atoms with van der Waals surface area (Å²) in [6.45, 7) is 3.38. The maximum absolute atomic E-state index is 13.4. The highest BCUT2D eigenvalue weighted by Crippen LogP contribution is 2.36. The smallest absolute Gasteiger partial charge is 0.282 e. The van der Waals surface area contributed by atoms with Crippen LogP contribution in [0.3, 0.4) is 0 Å². The third-order valence-electron chi connectivity index (χ3n) is 5.51. The molecule has 0 radical (unpaired) electrons. The zero-order chi connectivity index (χ0) is 19.7. The Morgan fingerprint density at radius 2 is 1.71 bits per heavy atom. The Hall–Kier alpha value is -2.92. The van der Waals surface area contributed by atoms with Crippen molar-refractivity contribution in [2.75, 3.05) is 24.6 Å². The number of aliphatic hydroxyl groups excluding tert-OH is 1. The van der Waals surface area contributed by atoms with Crippen LogP contribution in [0.2, 0.25) is 0 Å². The monoisotopic (exact) mass is 376 g/mol. The lowest BCUT2D eigenvalue weighted by Crippen LogP contribution is -2.40. The number of nitrogens with zero attached hydrogens (tertiary/aromatic N) is 2. The molecule has 0 aromatic heterocycles. The quantitative estimate of drug-likeness (QED) is 0.834. The molecule has 1 saturated heterocycles. The second-order valence-corrected chi connectivity index (χ2v) is 7.51. The van der Waals surface area contributed by atoms with Gasteiger partial charge in [0, 0.05) is 19.7 Å². The van der Waals surface area contributed by atoms with E-state index >= 15 is 0 Å². The Bertz CT molecular complexity index is 919. The summed E-state index contributed by atoms with van der Waals surface area (Å²) in [4.78, 5) is 30.0. The predicted octanol–water partition coefficient (Wildman–Crippen LogP) is 2.98. The number of carbonyl (C=O) groups excluding carboxylic acids is 2. The third-order valence-corrected chi connectivity index (χ3v) is 5.51. The van der Waals surface area contributed by atoms with Gasteiger partial charge in [0.15, 0.2) is 0 Å². The van der Waals surface area contributed by atoms with Gasteiger partial charge in [0.1, 0.15) is 5.70 Å². The predicted molar refractivity (Wildman–Crippen MR) is 108 cm³/mol. The van der Waals surface area contributed by atoms with Crippen molar-refractivity contribution in [2.45, 2.75) is 19.8 Å². The molecule has 1 unspecified atom stereocenters. The number of aliphatic hydroxyl groups is 1. The number of piperidine rings is 1. The van der Waals surface area contributed by atoms with Crippen LogP contribution in [-0.4, -0.2) is 41.5 Å². The number of hydrogen-bond donors (Lipinski definition) is 1. The molecule has 28 heavy (non-hydrogen) atoms. The summed E-state index contributed by atoms with van der Waals surface area (Å²) in [6, 6.07) is 16.8. The molecular formula is C23H24N2O3. The van der Waals surface area contributed by atoms with Crippen molar-refractivity contribution in [3.63, 3.8) is 0 Å². The van der Waals surface area contributed by atoms with Crippen LogP contribution in [0.25, 0.3) is 5.57 Å². The van der Waals surface area contributed by atoms with Gasteiger partial charge in [-0.3, -0.25) is 9.59 Å². The van der Waals surface area contributed by atoms with Crippen LogP contribution < -0.4 is 4.90 Å². The third kappa shape index (κ3) is 3.22. The fourth-order valence-electron chi connectivity index (χ4n) is 4.02. The summed E-state index contributed by atoms with van der Waals surface area (Å²) in [6.07, 6.45) is 1.83. The summed E-state index contributed by atoms with van der Waals surface area (Å²) in [5.74, 6) is -0.458. The zero-order valence-electron chi connectivity index (χ0n) is 16.0. The molecule has 0 aliphatic carbocycles. The van der Waals surface area contributed by atoms with Crippen molar-refractivity contribution >= 4 is 23.1 Å². The van der Waals surface area contributed by atoms with Crippen LogP contribution >= 0.6 is 0 Å². The second-order valence-electron chi connectivity index (χ2n) is 7.51. The van der Waals surface area contributed by atoms with E-state index in [0.29, 0.717) is 30.0 Å². The molecule has 0 saturated carbocycles. The second kappa shape index (κ2) is 7.60. The van der Waals surface area contributed by atoms with Gasteiger partial charge in [-0.2, -0.15) is 0 Å². The Morgan fingerprint density at radius 1 is 1.00 bits per heavy atom. The van der Waals surface area contributed by atoms with Crippen LogP contribution in [-0.2, 0) is 9.59 Å². The molecule has 2 aromatic carbocycles. The van der Waals surface area contributed by atoms with Gasteiger partial charge in [-0.05, 0) is 43.4 Å². The molecule has 5 nitrogen and oxygen atoms in total. The molecule has 2 heterocycles. The first kappa shape index (κ1) is 18.4. The fourth-order valence-corrected chi connectivity index (χ4v) is 4.02. The summed E-state index contributed by atoms with van der Waals surface area (Å²) < 4.78 is 0. The van der Waals surface area contributed by atoms with E-state index in [0.717, 1.165) is 24.0 Å². The van der Waals surface area contributed by atoms with Crippen LogP contribution in [0.1, 0.15) is 24.0 Å². The first-order chi connectivity index (χ1) is 13.6. The molecule has 0 spiro atoms. The average Bonchev–Trinajstić information content (AvgIpc) is 2.99. The Labute approximate surface area is 164 Å². The summed E-state index contributed by atoms with van der Waals surface area (Å²) in [7, 11) is 0. The van der Waals surface area contributed by atoms with Crippen molar-refractivity contribution in [1.82, 2.24) is 4.90 Å². The highest BCUT2D eigenvalue weighted by Gasteiger charge is 2.43. The van der Waals surface area contributed by atoms with E-state index in [-0.39, 0.29) is 24.3 Å². The van der Waals surface area contributed by atoms with Gasteiger partial charge in [0.25, 0.3) is 11.8 Å². The fraction of sp³-hybridized carbons (Fsp3) is 0.304. The number of imide groups is 1. The lowest BCUT2D eigenvalue weighted by atomic mass is 9.96. The van der Waals surface area contributed by atoms with E-state index in [2.05, 4.69) is 0 Å². The summed E-state index contributed by atoms with van der Waals surface area (Å²) >= 11 is 0. The number of likely N-dealkylation sites (tertiary alicyclic amines) is 1. The number of rotatable bonds is 4. The number of amides is 2. The topological polar surface area (TPSA) is 60.9 Å². The molecular weight excluding hydrogens is 352 g/mol. The number of carbonyl (C=O) groups is 2. The Morgan fingerprint density at radius 3 is 2.39 bits per heavy atom. The lowest BCUT2D eigenvalue weighted by Gasteiger charge is -2.34. The van der Waals surface area contributed by atoms with E-state index in [4.69, 9.17) is 0 Å². The van der Waals surface area contributed by atoms with Gasteiger partial charge in [-0.15, -0.1) is 0 Å². The maximum atomic E-state index is 13.4. The van der Waals surface area contributed by atoms with Gasteiger partial charge in [-0.1, -0.05) is 48.0 Å². The summed E-state index contributed by atoms with van der Waals surface area (Å²) in [5, 5.41) is 9.61. The van der Waals surface area contributed by atoms with E-state index < -0.39 is 0 Å². The lowest BCUT2D eigenvalue weighted by molar-refractivity contribution is -0.120. The zero-order valence-corrected chi connectivity index (χ0v) is 16.0. The van der Waals surface area contributed by atoms with Crippen LogP contribution in [0.15, 0.2) is 60.3 Å². The number of aryl methyl sites for hydroxylation is 1. The minimum atomic E-state index is -0.291. The molecule has 2 aliphatic heterocycles. The Kier molecular flexibility index (Phi) is 5.01. The molecule has 4 rings (SSSR count). The maximum Gasteiger partial charge on any atom is 0.282 e. The Balaban J connectivity index is 1.81. The molecule has 144 valence electrons. The standard InChI is InChI=1S/C23H24N2O3/c1-16-9-11-18(12-10-16)20-21(24-13-5-6-17(14-24)15-26)23(28)25(22(20)27)19-7-3-2-4-8-19/h2-4,7-12,17,26H,5-6,13-15H2,1H3. The van der Waals surface area contributed by atoms with E-state index in [9.17, 15) is 14.7 Å². The van der Waals surface area contributed by atoms with Gasteiger partial charge in [0.2, 0.25) is 0 Å². The molecule has 1 atom stereocenters. The molecule has 1 N–H and O–H groups in total. The average molecular weight is 376 g/mol. The minimum Gasteiger partial charge on any atom is -0.396 e. The van der Waals surface area contributed by atoms with Crippen molar-refractivity contribution in [3.05, 3.63) is 71.4 Å². The number of para-hydroxylation sites is 1. The minimum absolute atomic E-state index is 0.0914. The van der Waals surface area contributed by atoms with Gasteiger partial charge < -0.3 is 10.0 Å². The van der Waals surface area contributed by atoms with Crippen molar-refractivity contribution in [2.24, 2.45) is 5.92 Å². The molecule has 5 heteroatoms. The van der Waals surface area contributed by atoms with Crippen LogP contribution in [0.4, 0.5) is 5.69 Å². The van der Waals surface area contributed by atoms with Crippen LogP contribution in [0, 0.1) is 12.8 Å². The molecule has 0 bridgehead atoms. The number of anilines is 1. The van der Waals surface area contributed by atoms with Crippen molar-refractivity contribution in [1.29, 1.82) is 0 Å². The van der Waals surface area contributed by atoms with Crippen molar-refractivity contribution in [3.8, 4) is 0 Å². The SMILES string of the molecule is Cc1ccc(C2=C(N3CCCC(CO)C3)C(=O)N(c3ccccc3)C2=O)cc1. The molecule has 2 aromatic rings. The summed E-state index contributed by atoms with van der Waals surface area (Å²) in [5.41, 5.74) is 3.33. The number of hydrogen-bond acceptors (Lipinski definition) is 4. The normalized spacial score (nSPS) is 20.3. The van der Waals surface area contributed by atoms with Gasteiger partial charge in [0.05, 0.1) is 11.3 Å². The van der Waals surface area contributed by atoms with Gasteiger partial charge >= 0.3 is 0 Å². The van der Waals surface area contributed by atoms with E-state index in [1.807, 2.05) is 54.3 Å². The van der Waals surface area contributed by atoms with Crippen LogP contribution in [0.5, 0.6) is 0 Å². The first-order valence-electron chi connectivity index (χ1n) is 9.71. The molecule has 2 amide bonds. The van der Waals surface area contributed by atoms with Gasteiger partial charge in [-0.25, -0.2) is 4.90 Å². The molecule has 1 fully saturated rings. The number of benzene rings is 2. The van der Waals surface area contributed by atoms with E-state index in [1.165, 1.54) is 4.90 Å². The first-order valence-corrected chi connectivity index (χ1v) is 9.71. The largest absolute Gasteiger partial charge is 0.396 e. The molecule has 2 aliphatic rings. The highest BCUT2D eigenvalue weighted by molar-refractivity contribution is 6.45. The highest BCUT2D eigenvalue weighted by atomic mass is 16.3. The van der Waals surface area contributed by atoms with E-state index in [1.54, 1.807) is 12.1 Å². The van der Waals surface area contributed by atoms with Crippen molar-refractivity contribution < 1.29 is 14.7 Å².